The van der Waals surface area contributed by atoms with Crippen molar-refractivity contribution >= 4 is 29.8 Å². The van der Waals surface area contributed by atoms with Gasteiger partial charge >= 0.3 is 29.8 Å². The molecule has 0 aromatic carbocycles. The molecular formula is C25H36MnN4O10. The summed E-state index contributed by atoms with van der Waals surface area (Å²) in [6, 6.07) is 2.95. The van der Waals surface area contributed by atoms with E-state index in [0.717, 1.165) is 0 Å². The van der Waals surface area contributed by atoms with Gasteiger partial charge in [0.15, 0.2) is 0 Å². The molecule has 14 nitrogen and oxygen atoms in total. The van der Waals surface area contributed by atoms with Crippen LogP contribution in [0.4, 0.5) is 0 Å². The summed E-state index contributed by atoms with van der Waals surface area (Å²) in [4.78, 5) is 67.3. The quantitative estimate of drug-likeness (QED) is 0.183. The van der Waals surface area contributed by atoms with E-state index < -0.39 is 41.9 Å². The SMILES string of the molecule is O=C(O)CCCN1CCN(C(CCC(=O)O)C(=O)O)Cc2cccc(n2)CN(C(CCC(=O)O)C(=O)O)CC1.[Mn]. The number of fused-ring (bicyclic) bond motifs is 2. The summed E-state index contributed by atoms with van der Waals surface area (Å²) in [5.74, 6) is -5.50. The first-order valence-electron chi connectivity index (χ1n) is 12.7. The number of aliphatic carboxylic acids is 5. The Morgan fingerprint density at radius 2 is 1.12 bits per heavy atom. The summed E-state index contributed by atoms with van der Waals surface area (Å²) in [5.41, 5.74) is 1.04. The summed E-state index contributed by atoms with van der Waals surface area (Å²) in [6.07, 6.45) is -0.637. The molecule has 1 aliphatic rings. The number of hydrogen-bond acceptors (Lipinski definition) is 9. The Balaban J connectivity index is 0.00000800. The Kier molecular flexibility index (Phi) is 15.3. The van der Waals surface area contributed by atoms with Gasteiger partial charge in [0.25, 0.3) is 0 Å². The Labute approximate surface area is 242 Å². The van der Waals surface area contributed by atoms with Crippen LogP contribution in [0.2, 0.25) is 0 Å². The maximum absolute atomic E-state index is 12.1. The molecule has 0 amide bonds. The van der Waals surface area contributed by atoms with Crippen molar-refractivity contribution in [3.05, 3.63) is 29.6 Å². The second-order valence-corrected chi connectivity index (χ2v) is 9.47. The third-order valence-corrected chi connectivity index (χ3v) is 6.58. The average Bonchev–Trinajstić information content (AvgIpc) is 2.83. The molecule has 0 aliphatic carbocycles. The average molecular weight is 608 g/mol. The molecule has 1 aliphatic heterocycles. The van der Waals surface area contributed by atoms with Crippen LogP contribution in [0.15, 0.2) is 18.2 Å². The van der Waals surface area contributed by atoms with Crippen LogP contribution in [0, 0.1) is 0 Å². The van der Waals surface area contributed by atoms with E-state index in [4.69, 9.17) is 15.3 Å². The first-order valence-corrected chi connectivity index (χ1v) is 12.7. The zero-order valence-electron chi connectivity index (χ0n) is 22.0. The minimum atomic E-state index is -1.16. The fourth-order valence-electron chi connectivity index (χ4n) is 4.59. The standard InChI is InChI=1S/C25H36N4O10.Mn/c30-21(31)5-2-10-27-11-13-28(19(24(36)37)6-8-22(32)33)15-17-3-1-4-18(26-17)16-29(14-12-27)20(25(38)39)7-9-23(34)35;/h1,3-4,19-20H,2,5-16H2,(H,30,31)(H,32,33)(H,34,35)(H,36,37)(H,38,39);. The second-order valence-electron chi connectivity index (χ2n) is 9.47. The van der Waals surface area contributed by atoms with Crippen molar-refractivity contribution in [1.82, 2.24) is 19.7 Å². The first-order chi connectivity index (χ1) is 18.5. The molecule has 2 bridgehead atoms. The van der Waals surface area contributed by atoms with E-state index in [-0.39, 0.29) is 75.4 Å². The first kappa shape index (κ1) is 34.9. The van der Waals surface area contributed by atoms with Gasteiger partial charge in [-0.05, 0) is 37.9 Å². The minimum Gasteiger partial charge on any atom is -0.481 e. The summed E-state index contributed by atoms with van der Waals surface area (Å²) >= 11 is 0. The van der Waals surface area contributed by atoms with Gasteiger partial charge in [-0.25, -0.2) is 0 Å². The molecule has 40 heavy (non-hydrogen) atoms. The van der Waals surface area contributed by atoms with Crippen LogP contribution >= 0.6 is 0 Å². The monoisotopic (exact) mass is 607 g/mol. The predicted molar refractivity (Wildman–Crippen MR) is 135 cm³/mol. The normalized spacial score (nSPS) is 16.9. The van der Waals surface area contributed by atoms with Crippen molar-refractivity contribution in [2.24, 2.45) is 0 Å². The van der Waals surface area contributed by atoms with Gasteiger partial charge in [-0.2, -0.15) is 0 Å². The van der Waals surface area contributed by atoms with E-state index in [2.05, 4.69) is 4.98 Å². The Morgan fingerprint density at radius 3 is 1.50 bits per heavy atom. The molecule has 223 valence electrons. The number of rotatable bonds is 14. The van der Waals surface area contributed by atoms with Gasteiger partial charge < -0.3 is 30.4 Å². The largest absolute Gasteiger partial charge is 0.481 e. The molecule has 5 N–H and O–H groups in total. The zero-order valence-corrected chi connectivity index (χ0v) is 23.2. The predicted octanol–water partition coefficient (Wildman–Crippen LogP) is 0.500. The molecular weight excluding hydrogens is 571 g/mol. The van der Waals surface area contributed by atoms with Crippen LogP contribution in [0.25, 0.3) is 0 Å². The molecule has 2 atom stereocenters. The Hall–Kier alpha value is -3.10. The zero-order chi connectivity index (χ0) is 28.9. The minimum absolute atomic E-state index is 0. The van der Waals surface area contributed by atoms with Crippen molar-refractivity contribution < 1.29 is 66.6 Å². The number of carboxylic acid groups (broad SMARTS) is 5. The van der Waals surface area contributed by atoms with Gasteiger partial charge in [0.2, 0.25) is 0 Å². The van der Waals surface area contributed by atoms with Gasteiger partial charge in [-0.15, -0.1) is 0 Å². The molecule has 1 aromatic heterocycles. The maximum Gasteiger partial charge on any atom is 0.320 e. The van der Waals surface area contributed by atoms with Gasteiger partial charge in [-0.1, -0.05) is 6.07 Å². The summed E-state index contributed by atoms with van der Waals surface area (Å²) in [5, 5.41) is 47.0. The van der Waals surface area contributed by atoms with E-state index in [0.29, 0.717) is 37.4 Å². The van der Waals surface area contributed by atoms with E-state index >= 15 is 0 Å². The number of hydrogen-bond donors (Lipinski definition) is 5. The summed E-state index contributed by atoms with van der Waals surface area (Å²) < 4.78 is 0. The molecule has 15 heteroatoms. The van der Waals surface area contributed by atoms with Gasteiger partial charge in [0.05, 0.1) is 11.4 Å². The topological polar surface area (TPSA) is 209 Å². The van der Waals surface area contributed by atoms with Crippen LogP contribution in [-0.4, -0.2) is 120 Å². The van der Waals surface area contributed by atoms with Crippen LogP contribution in [0.1, 0.15) is 49.9 Å². The molecule has 0 saturated heterocycles. The van der Waals surface area contributed by atoms with Gasteiger partial charge in [-0.3, -0.25) is 38.8 Å². The van der Waals surface area contributed by atoms with Crippen LogP contribution < -0.4 is 0 Å². The third kappa shape index (κ3) is 12.4. The van der Waals surface area contributed by atoms with Crippen molar-refractivity contribution in [3.8, 4) is 0 Å². The summed E-state index contributed by atoms with van der Waals surface area (Å²) in [6.45, 7) is 1.64. The third-order valence-electron chi connectivity index (χ3n) is 6.58. The van der Waals surface area contributed by atoms with Gasteiger partial charge in [0, 0.05) is 75.6 Å². The number of carbonyl (C=O) groups is 5. The van der Waals surface area contributed by atoms with Crippen molar-refractivity contribution in [1.29, 1.82) is 0 Å². The second kappa shape index (κ2) is 17.6. The molecule has 1 radical (unpaired) electrons. The Morgan fingerprint density at radius 1 is 0.700 bits per heavy atom. The molecule has 2 unspecified atom stereocenters. The van der Waals surface area contributed by atoms with Crippen LogP contribution in [0.5, 0.6) is 0 Å². The number of carboxylic acids is 5. The number of pyridine rings is 1. The summed E-state index contributed by atoms with van der Waals surface area (Å²) in [7, 11) is 0. The van der Waals surface area contributed by atoms with E-state index in [1.165, 1.54) is 0 Å². The molecule has 1 aromatic rings. The fraction of sp³-hybridized carbons (Fsp3) is 0.600. The molecule has 0 saturated carbocycles. The van der Waals surface area contributed by atoms with E-state index in [1.54, 1.807) is 28.0 Å². The number of aromatic nitrogens is 1. The Bertz CT molecular complexity index is 962. The van der Waals surface area contributed by atoms with Crippen molar-refractivity contribution in [3.63, 3.8) is 0 Å². The van der Waals surface area contributed by atoms with Crippen LogP contribution in [0.3, 0.4) is 0 Å². The molecule has 0 fully saturated rings. The van der Waals surface area contributed by atoms with Crippen molar-refractivity contribution in [2.45, 2.75) is 63.7 Å². The van der Waals surface area contributed by atoms with Crippen molar-refractivity contribution in [2.75, 3.05) is 32.7 Å². The van der Waals surface area contributed by atoms with E-state index in [1.807, 2.05) is 4.90 Å². The molecule has 2 rings (SSSR count). The molecule has 0 spiro atoms. The van der Waals surface area contributed by atoms with Crippen LogP contribution in [-0.2, 0) is 54.1 Å². The van der Waals surface area contributed by atoms with E-state index in [9.17, 15) is 34.2 Å². The maximum atomic E-state index is 12.1. The molecule has 2 heterocycles. The van der Waals surface area contributed by atoms with Gasteiger partial charge in [0.1, 0.15) is 12.1 Å². The fourth-order valence-corrected chi connectivity index (χ4v) is 4.59. The smallest absolute Gasteiger partial charge is 0.320 e. The number of nitrogens with zero attached hydrogens (tertiary/aromatic N) is 4.